The molecular formula is C17H17F3N2O3. The number of carbonyl (C=O) groups excluding carboxylic acids is 1. The fourth-order valence-electron chi connectivity index (χ4n) is 2.32. The van der Waals surface area contributed by atoms with Gasteiger partial charge in [-0.25, -0.2) is 0 Å². The molecule has 0 saturated heterocycles. The predicted molar refractivity (Wildman–Crippen MR) is 85.2 cm³/mol. The Kier molecular flexibility index (Phi) is 5.97. The molecule has 0 saturated carbocycles. The topological polar surface area (TPSA) is 73.4 Å². The van der Waals surface area contributed by atoms with Gasteiger partial charge in [-0.1, -0.05) is 30.3 Å². The molecule has 8 heteroatoms. The molecule has 134 valence electrons. The number of halogens is 3. The number of alkyl halides is 3. The highest BCUT2D eigenvalue weighted by atomic mass is 19.4. The number of benzene rings is 1. The average Bonchev–Trinajstić information content (AvgIpc) is 2.58. The number of aromatic amines is 1. The van der Waals surface area contributed by atoms with Crippen molar-refractivity contribution in [1.29, 1.82) is 0 Å². The van der Waals surface area contributed by atoms with Gasteiger partial charge in [-0.15, -0.1) is 0 Å². The van der Waals surface area contributed by atoms with Crippen molar-refractivity contribution >= 4 is 5.91 Å². The van der Waals surface area contributed by atoms with Crippen LogP contribution in [0.4, 0.5) is 13.2 Å². The Bertz CT molecular complexity index is 773. The molecule has 5 nitrogen and oxygen atoms in total. The van der Waals surface area contributed by atoms with Gasteiger partial charge in [0.2, 0.25) is 0 Å². The summed E-state index contributed by atoms with van der Waals surface area (Å²) in [5.41, 5.74) is -1.68. The third-order valence-electron chi connectivity index (χ3n) is 3.63. The van der Waals surface area contributed by atoms with Crippen LogP contribution in [-0.2, 0) is 12.6 Å². The molecule has 0 aliphatic rings. The highest BCUT2D eigenvalue weighted by Gasteiger charge is 2.32. The van der Waals surface area contributed by atoms with Crippen LogP contribution in [0.5, 0.6) is 0 Å². The number of aliphatic hydroxyl groups excluding tert-OH is 1. The molecule has 0 aliphatic heterocycles. The molecule has 0 atom stereocenters. The molecule has 0 spiro atoms. The second-order valence-electron chi connectivity index (χ2n) is 5.38. The van der Waals surface area contributed by atoms with Crippen molar-refractivity contribution in [3.63, 3.8) is 0 Å². The van der Waals surface area contributed by atoms with Crippen LogP contribution in [0.2, 0.25) is 0 Å². The standard InChI is InChI=1S/C17H17F3N2O3/c18-17(19,20)13-10-14(15(24)21-11-13)16(25)22(8-9-23)7-6-12-4-2-1-3-5-12/h1-5,10-11,23H,6-9H2,(H,21,24). The van der Waals surface area contributed by atoms with Crippen LogP contribution in [0.3, 0.4) is 0 Å². The molecule has 2 N–H and O–H groups in total. The van der Waals surface area contributed by atoms with Gasteiger partial charge < -0.3 is 15.0 Å². The number of hydrogen-bond donors (Lipinski definition) is 2. The van der Waals surface area contributed by atoms with Crippen LogP contribution in [-0.4, -0.2) is 40.6 Å². The summed E-state index contributed by atoms with van der Waals surface area (Å²) in [5, 5.41) is 9.12. The fourth-order valence-corrected chi connectivity index (χ4v) is 2.32. The predicted octanol–water partition coefficient (Wildman–Crippen LogP) is 2.07. The van der Waals surface area contributed by atoms with Gasteiger partial charge in [0, 0.05) is 19.3 Å². The normalized spacial score (nSPS) is 11.4. The lowest BCUT2D eigenvalue weighted by atomic mass is 10.1. The number of aliphatic hydroxyl groups is 1. The number of nitrogens with one attached hydrogen (secondary N) is 1. The number of amides is 1. The Morgan fingerprint density at radius 1 is 1.16 bits per heavy atom. The van der Waals surface area contributed by atoms with Gasteiger partial charge in [0.1, 0.15) is 5.56 Å². The van der Waals surface area contributed by atoms with Crippen LogP contribution in [0.1, 0.15) is 21.5 Å². The quantitative estimate of drug-likeness (QED) is 0.834. The molecule has 0 aliphatic carbocycles. The fraction of sp³-hybridized carbons (Fsp3) is 0.294. The van der Waals surface area contributed by atoms with Gasteiger partial charge in [0.05, 0.1) is 12.2 Å². The third-order valence-corrected chi connectivity index (χ3v) is 3.63. The van der Waals surface area contributed by atoms with Crippen LogP contribution < -0.4 is 5.56 Å². The minimum absolute atomic E-state index is 0.0820. The second-order valence-corrected chi connectivity index (χ2v) is 5.38. The second kappa shape index (κ2) is 7.98. The van der Waals surface area contributed by atoms with Gasteiger partial charge in [0.15, 0.2) is 0 Å². The van der Waals surface area contributed by atoms with Crippen molar-refractivity contribution in [1.82, 2.24) is 9.88 Å². The average molecular weight is 354 g/mol. The summed E-state index contributed by atoms with van der Waals surface area (Å²) in [7, 11) is 0. The Hall–Kier alpha value is -2.61. The van der Waals surface area contributed by atoms with E-state index in [0.717, 1.165) is 10.5 Å². The first-order valence-corrected chi connectivity index (χ1v) is 7.57. The van der Waals surface area contributed by atoms with Crippen molar-refractivity contribution in [2.24, 2.45) is 0 Å². The van der Waals surface area contributed by atoms with E-state index in [0.29, 0.717) is 18.7 Å². The maximum atomic E-state index is 12.8. The van der Waals surface area contributed by atoms with Crippen molar-refractivity contribution < 1.29 is 23.1 Å². The van der Waals surface area contributed by atoms with E-state index in [2.05, 4.69) is 0 Å². The Balaban J connectivity index is 2.23. The molecule has 2 rings (SSSR count). The maximum Gasteiger partial charge on any atom is 0.417 e. The van der Waals surface area contributed by atoms with E-state index in [1.807, 2.05) is 35.3 Å². The van der Waals surface area contributed by atoms with Crippen LogP contribution >= 0.6 is 0 Å². The van der Waals surface area contributed by atoms with Gasteiger partial charge >= 0.3 is 6.18 Å². The molecule has 0 unspecified atom stereocenters. The molecule has 0 radical (unpaired) electrons. The van der Waals surface area contributed by atoms with E-state index in [-0.39, 0.29) is 19.7 Å². The molecule has 1 heterocycles. The summed E-state index contributed by atoms with van der Waals surface area (Å²) < 4.78 is 38.4. The van der Waals surface area contributed by atoms with Crippen molar-refractivity contribution in [3.05, 3.63) is 69.6 Å². The van der Waals surface area contributed by atoms with Gasteiger partial charge in [0.25, 0.3) is 11.5 Å². The molecule has 2 aromatic rings. The summed E-state index contributed by atoms with van der Waals surface area (Å²) in [6.45, 7) is -0.280. The summed E-state index contributed by atoms with van der Waals surface area (Å²) in [4.78, 5) is 27.4. The summed E-state index contributed by atoms with van der Waals surface area (Å²) in [5.74, 6) is -0.850. The highest BCUT2D eigenvalue weighted by molar-refractivity contribution is 5.94. The minimum Gasteiger partial charge on any atom is -0.395 e. The smallest absolute Gasteiger partial charge is 0.395 e. The van der Waals surface area contributed by atoms with Crippen LogP contribution in [0.25, 0.3) is 0 Å². The SMILES string of the molecule is O=C(c1cc(C(F)(F)F)c[nH]c1=O)N(CCO)CCc1ccccc1. The number of carbonyl (C=O) groups is 1. The van der Waals surface area contributed by atoms with Crippen molar-refractivity contribution in [3.8, 4) is 0 Å². The lowest BCUT2D eigenvalue weighted by Crippen LogP contribution is -2.38. The number of nitrogens with zero attached hydrogens (tertiary/aromatic N) is 1. The highest BCUT2D eigenvalue weighted by Crippen LogP contribution is 2.28. The van der Waals surface area contributed by atoms with Crippen molar-refractivity contribution in [2.75, 3.05) is 19.7 Å². The van der Waals surface area contributed by atoms with E-state index in [1.165, 1.54) is 0 Å². The Morgan fingerprint density at radius 2 is 1.84 bits per heavy atom. The molecule has 0 fully saturated rings. The lowest BCUT2D eigenvalue weighted by Gasteiger charge is -2.22. The monoisotopic (exact) mass is 354 g/mol. The number of H-pyrrole nitrogens is 1. The maximum absolute atomic E-state index is 12.8. The van der Waals surface area contributed by atoms with E-state index >= 15 is 0 Å². The molecule has 25 heavy (non-hydrogen) atoms. The lowest BCUT2D eigenvalue weighted by molar-refractivity contribution is -0.137. The minimum atomic E-state index is -4.68. The number of rotatable bonds is 6. The number of pyridine rings is 1. The molecule has 1 aromatic heterocycles. The Morgan fingerprint density at radius 3 is 2.44 bits per heavy atom. The Labute approximate surface area is 141 Å². The first kappa shape index (κ1) is 18.7. The van der Waals surface area contributed by atoms with Gasteiger partial charge in [-0.2, -0.15) is 13.2 Å². The largest absolute Gasteiger partial charge is 0.417 e. The first-order chi connectivity index (χ1) is 11.8. The van der Waals surface area contributed by atoms with E-state index < -0.39 is 28.8 Å². The van der Waals surface area contributed by atoms with E-state index in [1.54, 1.807) is 0 Å². The van der Waals surface area contributed by atoms with Gasteiger partial charge in [-0.3, -0.25) is 9.59 Å². The molecule has 1 amide bonds. The van der Waals surface area contributed by atoms with Crippen LogP contribution in [0.15, 0.2) is 47.4 Å². The summed E-state index contributed by atoms with van der Waals surface area (Å²) in [6, 6.07) is 9.71. The summed E-state index contributed by atoms with van der Waals surface area (Å²) >= 11 is 0. The third kappa shape index (κ3) is 4.93. The molecular weight excluding hydrogens is 337 g/mol. The van der Waals surface area contributed by atoms with E-state index in [4.69, 9.17) is 5.11 Å². The molecule has 1 aromatic carbocycles. The zero-order chi connectivity index (χ0) is 18.4. The van der Waals surface area contributed by atoms with Gasteiger partial charge in [-0.05, 0) is 18.1 Å². The number of aromatic nitrogens is 1. The first-order valence-electron chi connectivity index (χ1n) is 7.57. The van der Waals surface area contributed by atoms with E-state index in [9.17, 15) is 22.8 Å². The van der Waals surface area contributed by atoms with Crippen molar-refractivity contribution in [2.45, 2.75) is 12.6 Å². The summed E-state index contributed by atoms with van der Waals surface area (Å²) in [6.07, 6.45) is -3.70. The number of hydrogen-bond acceptors (Lipinski definition) is 3. The molecule has 0 bridgehead atoms. The zero-order valence-electron chi connectivity index (χ0n) is 13.2. The zero-order valence-corrected chi connectivity index (χ0v) is 13.2. The van der Waals surface area contributed by atoms with Crippen LogP contribution in [0, 0.1) is 0 Å².